The molecule has 1 fully saturated rings. The number of aryl methyl sites for hydroxylation is 1. The maximum absolute atomic E-state index is 11.5. The van der Waals surface area contributed by atoms with Crippen molar-refractivity contribution in [3.63, 3.8) is 0 Å². The minimum Gasteiger partial charge on any atom is -0.369 e. The molecule has 2 aromatic carbocycles. The number of amides is 1. The highest BCUT2D eigenvalue weighted by molar-refractivity contribution is 7.99. The number of carbonyl (C=O) groups is 1. The molecule has 1 saturated heterocycles. The van der Waals surface area contributed by atoms with E-state index in [9.17, 15) is 4.79 Å². The largest absolute Gasteiger partial charge is 0.369 e. The van der Waals surface area contributed by atoms with Crippen LogP contribution < -0.4 is 15.5 Å². The van der Waals surface area contributed by atoms with E-state index in [1.54, 1.807) is 11.8 Å². The van der Waals surface area contributed by atoms with Crippen LogP contribution in [-0.2, 0) is 4.79 Å². The van der Waals surface area contributed by atoms with Crippen molar-refractivity contribution < 1.29 is 4.79 Å². The summed E-state index contributed by atoms with van der Waals surface area (Å²) in [6.07, 6.45) is 3.09. The first-order valence-electron chi connectivity index (χ1n) is 10.9. The van der Waals surface area contributed by atoms with Crippen molar-refractivity contribution >= 4 is 40.7 Å². The van der Waals surface area contributed by atoms with Gasteiger partial charge in [0.2, 0.25) is 11.9 Å². The Morgan fingerprint density at radius 2 is 1.85 bits per heavy atom. The number of hydrogen-bond donors (Lipinski definition) is 2. The summed E-state index contributed by atoms with van der Waals surface area (Å²) in [4.78, 5) is 26.4. The van der Waals surface area contributed by atoms with Gasteiger partial charge in [-0.15, -0.1) is 0 Å². The quantitative estimate of drug-likeness (QED) is 0.396. The van der Waals surface area contributed by atoms with E-state index in [2.05, 4.69) is 57.2 Å². The molecular formula is C25H28N6OS. The van der Waals surface area contributed by atoms with Gasteiger partial charge in [0.15, 0.2) is 0 Å². The number of piperazine rings is 1. The molecule has 1 amide bonds. The van der Waals surface area contributed by atoms with E-state index in [4.69, 9.17) is 4.98 Å². The number of benzene rings is 2. The van der Waals surface area contributed by atoms with E-state index in [-0.39, 0.29) is 5.91 Å². The van der Waals surface area contributed by atoms with E-state index < -0.39 is 0 Å². The van der Waals surface area contributed by atoms with E-state index in [1.807, 2.05) is 43.5 Å². The van der Waals surface area contributed by atoms with Crippen LogP contribution in [0.3, 0.4) is 0 Å². The Kier molecular flexibility index (Phi) is 7.26. The highest BCUT2D eigenvalue weighted by atomic mass is 32.2. The fourth-order valence-corrected chi connectivity index (χ4v) is 4.32. The predicted molar refractivity (Wildman–Crippen MR) is 136 cm³/mol. The SMILES string of the molecule is C=CC(=O)Nc1ccc(Sc2nc(Nc3cccc(N4CCN(C)CC4)c3)ncc2C)cc1. The molecule has 1 aromatic heterocycles. The average Bonchev–Trinajstić information content (AvgIpc) is 2.83. The van der Waals surface area contributed by atoms with Crippen LogP contribution in [0.15, 0.2) is 77.3 Å². The van der Waals surface area contributed by atoms with Crippen LogP contribution in [0.25, 0.3) is 0 Å². The summed E-state index contributed by atoms with van der Waals surface area (Å²) in [5.41, 5.74) is 3.90. The minimum atomic E-state index is -0.227. The molecule has 1 aliphatic heterocycles. The molecule has 2 heterocycles. The minimum absolute atomic E-state index is 0.227. The molecule has 170 valence electrons. The zero-order chi connectivity index (χ0) is 23.2. The topological polar surface area (TPSA) is 73.4 Å². The van der Waals surface area contributed by atoms with Crippen molar-refractivity contribution in [1.82, 2.24) is 14.9 Å². The highest BCUT2D eigenvalue weighted by Gasteiger charge is 2.15. The summed E-state index contributed by atoms with van der Waals surface area (Å²) in [5, 5.41) is 6.99. The molecule has 4 rings (SSSR count). The number of carbonyl (C=O) groups excluding carboxylic acids is 1. The summed E-state index contributed by atoms with van der Waals surface area (Å²) in [7, 11) is 2.16. The van der Waals surface area contributed by atoms with Crippen molar-refractivity contribution in [3.8, 4) is 0 Å². The third-order valence-corrected chi connectivity index (χ3v) is 6.53. The van der Waals surface area contributed by atoms with Gasteiger partial charge in [0.25, 0.3) is 0 Å². The normalized spacial score (nSPS) is 14.1. The summed E-state index contributed by atoms with van der Waals surface area (Å²) >= 11 is 1.56. The Bertz CT molecular complexity index is 1130. The summed E-state index contributed by atoms with van der Waals surface area (Å²) in [6, 6.07) is 16.0. The summed E-state index contributed by atoms with van der Waals surface area (Å²) in [6.45, 7) is 9.66. The van der Waals surface area contributed by atoms with Gasteiger partial charge in [-0.1, -0.05) is 24.4 Å². The Morgan fingerprint density at radius 1 is 1.09 bits per heavy atom. The fourth-order valence-electron chi connectivity index (χ4n) is 3.48. The van der Waals surface area contributed by atoms with Crippen LogP contribution >= 0.6 is 11.8 Å². The first-order chi connectivity index (χ1) is 16.0. The zero-order valence-corrected chi connectivity index (χ0v) is 19.7. The van der Waals surface area contributed by atoms with Crippen molar-refractivity contribution in [2.75, 3.05) is 48.8 Å². The first kappa shape index (κ1) is 22.8. The fraction of sp³-hybridized carbons (Fsp3) is 0.240. The number of anilines is 4. The van der Waals surface area contributed by atoms with Gasteiger partial charge < -0.3 is 20.4 Å². The van der Waals surface area contributed by atoms with E-state index in [0.29, 0.717) is 5.95 Å². The van der Waals surface area contributed by atoms with Gasteiger partial charge in [0, 0.05) is 59.9 Å². The lowest BCUT2D eigenvalue weighted by molar-refractivity contribution is -0.111. The molecule has 0 bridgehead atoms. The van der Waals surface area contributed by atoms with E-state index >= 15 is 0 Å². The number of nitrogens with zero attached hydrogens (tertiary/aromatic N) is 4. The monoisotopic (exact) mass is 460 g/mol. The second-order valence-corrected chi connectivity index (χ2v) is 9.03. The lowest BCUT2D eigenvalue weighted by Crippen LogP contribution is -2.44. The van der Waals surface area contributed by atoms with E-state index in [1.165, 1.54) is 11.8 Å². The lowest BCUT2D eigenvalue weighted by atomic mass is 10.2. The summed E-state index contributed by atoms with van der Waals surface area (Å²) < 4.78 is 0. The molecule has 0 spiro atoms. The molecule has 1 aliphatic rings. The maximum atomic E-state index is 11.5. The lowest BCUT2D eigenvalue weighted by Gasteiger charge is -2.34. The Labute approximate surface area is 198 Å². The van der Waals surface area contributed by atoms with Crippen LogP contribution in [-0.4, -0.2) is 54.0 Å². The molecule has 0 unspecified atom stereocenters. The van der Waals surface area contributed by atoms with Gasteiger partial charge in [-0.3, -0.25) is 4.79 Å². The number of nitrogens with one attached hydrogen (secondary N) is 2. The van der Waals surface area contributed by atoms with Crippen molar-refractivity contribution in [3.05, 3.63) is 72.9 Å². The van der Waals surface area contributed by atoms with Crippen LogP contribution in [0.4, 0.5) is 23.0 Å². The Morgan fingerprint density at radius 3 is 2.58 bits per heavy atom. The van der Waals surface area contributed by atoms with Gasteiger partial charge in [0.05, 0.1) is 0 Å². The number of aromatic nitrogens is 2. The van der Waals surface area contributed by atoms with Gasteiger partial charge in [-0.05, 0) is 62.5 Å². The molecule has 3 aromatic rings. The molecule has 0 radical (unpaired) electrons. The molecule has 0 saturated carbocycles. The predicted octanol–water partition coefficient (Wildman–Crippen LogP) is 4.56. The van der Waals surface area contributed by atoms with Gasteiger partial charge in [-0.25, -0.2) is 9.97 Å². The third kappa shape index (κ3) is 6.12. The molecule has 2 N–H and O–H groups in total. The van der Waals surface area contributed by atoms with Crippen LogP contribution in [0, 0.1) is 6.92 Å². The number of likely N-dealkylation sites (N-methyl/N-ethyl adjacent to an activating group) is 1. The second-order valence-electron chi connectivity index (χ2n) is 7.97. The smallest absolute Gasteiger partial charge is 0.247 e. The molecular weight excluding hydrogens is 432 g/mol. The van der Waals surface area contributed by atoms with Crippen LogP contribution in [0.1, 0.15) is 5.56 Å². The zero-order valence-electron chi connectivity index (χ0n) is 18.9. The maximum Gasteiger partial charge on any atom is 0.247 e. The first-order valence-corrected chi connectivity index (χ1v) is 11.7. The van der Waals surface area contributed by atoms with Crippen LogP contribution in [0.2, 0.25) is 0 Å². The highest BCUT2D eigenvalue weighted by Crippen LogP contribution is 2.30. The van der Waals surface area contributed by atoms with E-state index in [0.717, 1.165) is 53.0 Å². The molecule has 7 nitrogen and oxygen atoms in total. The van der Waals surface area contributed by atoms with Crippen LogP contribution in [0.5, 0.6) is 0 Å². The molecule has 0 aliphatic carbocycles. The van der Waals surface area contributed by atoms with Crippen molar-refractivity contribution in [2.24, 2.45) is 0 Å². The number of hydrogen-bond acceptors (Lipinski definition) is 7. The molecule has 33 heavy (non-hydrogen) atoms. The number of rotatable bonds is 7. The Balaban J connectivity index is 1.45. The van der Waals surface area contributed by atoms with Crippen molar-refractivity contribution in [2.45, 2.75) is 16.8 Å². The van der Waals surface area contributed by atoms with Gasteiger partial charge in [0.1, 0.15) is 5.03 Å². The van der Waals surface area contributed by atoms with Gasteiger partial charge in [-0.2, -0.15) is 0 Å². The Hall–Kier alpha value is -3.36. The molecule has 0 atom stereocenters. The average molecular weight is 461 g/mol. The van der Waals surface area contributed by atoms with Crippen molar-refractivity contribution in [1.29, 1.82) is 0 Å². The summed E-state index contributed by atoms with van der Waals surface area (Å²) in [5.74, 6) is 0.336. The van der Waals surface area contributed by atoms with Gasteiger partial charge >= 0.3 is 0 Å². The second kappa shape index (κ2) is 10.5. The molecule has 8 heteroatoms. The standard InChI is InChI=1S/C25H28N6OS/c1-4-23(32)27-19-8-10-22(11-9-19)33-24-18(2)17-26-25(29-24)28-20-6-5-7-21(16-20)31-14-12-30(3)13-15-31/h4-11,16-17H,1,12-15H2,2-3H3,(H,27,32)(H,26,28,29). The third-order valence-electron chi connectivity index (χ3n) is 5.42.